The minimum Gasteiger partial charge on any atom is -0.269 e. The molecule has 26 heavy (non-hydrogen) atoms. The number of nitrogens with zero attached hydrogens (tertiary/aromatic N) is 2. The highest BCUT2D eigenvalue weighted by Crippen LogP contribution is 2.36. The smallest absolute Gasteiger partial charge is 0.269 e. The van der Waals surface area contributed by atoms with E-state index < -0.39 is 29.1 Å². The zero-order valence-electron chi connectivity index (χ0n) is 14.0. The zero-order valence-corrected chi connectivity index (χ0v) is 16.1. The molecule has 0 saturated carbocycles. The number of unbranched alkanes of at least 4 members (excludes halogenated alkanes) is 2. The second-order valence-electron chi connectivity index (χ2n) is 5.89. The maximum Gasteiger partial charge on any atom is 0.417 e. The van der Waals surface area contributed by atoms with Gasteiger partial charge in [0, 0.05) is 11.1 Å². The molecule has 0 fully saturated rings. The summed E-state index contributed by atoms with van der Waals surface area (Å²) in [7, 11) is 0. The highest BCUT2D eigenvalue weighted by Gasteiger charge is 2.39. The standard InChI is InChI=1S/C18H16F3IN2O2/c1-11-14(5-3-2-4-8-22)17(26)24(16(11)25)13-7-6-12(10-23)15(9-13)18(19,20)21/h6-7,9H,2-5,8H2,1H3. The van der Waals surface area contributed by atoms with Gasteiger partial charge in [0.15, 0.2) is 0 Å². The summed E-state index contributed by atoms with van der Waals surface area (Å²) < 4.78 is 40.4. The van der Waals surface area contributed by atoms with Crippen LogP contribution in [0.25, 0.3) is 0 Å². The maximum atomic E-state index is 13.1. The Morgan fingerprint density at radius 2 is 1.85 bits per heavy atom. The fraction of sp³-hybridized carbons (Fsp3) is 0.389. The third kappa shape index (κ3) is 4.09. The second kappa shape index (κ2) is 8.20. The van der Waals surface area contributed by atoms with Crippen molar-refractivity contribution >= 4 is 40.1 Å². The van der Waals surface area contributed by atoms with Gasteiger partial charge in [-0.2, -0.15) is 18.4 Å². The molecule has 0 atom stereocenters. The number of imide groups is 1. The predicted octanol–water partition coefficient (Wildman–Crippen LogP) is 4.76. The highest BCUT2D eigenvalue weighted by atomic mass is 127. The molecule has 0 radical (unpaired) electrons. The lowest BCUT2D eigenvalue weighted by Crippen LogP contribution is -2.31. The van der Waals surface area contributed by atoms with Gasteiger partial charge in [-0.15, -0.1) is 0 Å². The van der Waals surface area contributed by atoms with Gasteiger partial charge in [0.1, 0.15) is 0 Å². The fourth-order valence-electron chi connectivity index (χ4n) is 2.79. The van der Waals surface area contributed by atoms with Gasteiger partial charge in [0.2, 0.25) is 0 Å². The Morgan fingerprint density at radius 1 is 1.15 bits per heavy atom. The SMILES string of the molecule is CC1=C(CCCCCI)C(=O)N(c2ccc(C#N)c(C(F)(F)F)c2)C1=O. The van der Waals surface area contributed by atoms with Crippen LogP contribution in [0, 0.1) is 11.3 Å². The van der Waals surface area contributed by atoms with Crippen molar-refractivity contribution in [3.05, 3.63) is 40.5 Å². The number of carbonyl (C=O) groups is 2. The number of hydrogen-bond donors (Lipinski definition) is 0. The number of anilines is 1. The molecule has 8 heteroatoms. The van der Waals surface area contributed by atoms with E-state index in [1.165, 1.54) is 19.1 Å². The van der Waals surface area contributed by atoms with E-state index >= 15 is 0 Å². The zero-order chi connectivity index (χ0) is 19.5. The Bertz CT molecular complexity index is 810. The number of carbonyl (C=O) groups excluding carboxylic acids is 2. The molecule has 0 spiro atoms. The minimum atomic E-state index is -4.75. The Kier molecular flexibility index (Phi) is 6.44. The molecule has 1 heterocycles. The van der Waals surface area contributed by atoms with Gasteiger partial charge in [-0.25, -0.2) is 4.90 Å². The number of amides is 2. The van der Waals surface area contributed by atoms with Crippen LogP contribution in [0.2, 0.25) is 0 Å². The van der Waals surface area contributed by atoms with Crippen LogP contribution in [0.3, 0.4) is 0 Å². The highest BCUT2D eigenvalue weighted by molar-refractivity contribution is 14.1. The molecule has 1 aliphatic rings. The van der Waals surface area contributed by atoms with Gasteiger partial charge < -0.3 is 0 Å². The molecule has 4 nitrogen and oxygen atoms in total. The average molecular weight is 476 g/mol. The van der Waals surface area contributed by atoms with Crippen LogP contribution in [0.5, 0.6) is 0 Å². The number of rotatable bonds is 6. The molecule has 138 valence electrons. The molecule has 0 saturated heterocycles. The third-order valence-electron chi connectivity index (χ3n) is 4.19. The molecule has 0 aliphatic carbocycles. The van der Waals surface area contributed by atoms with Crippen molar-refractivity contribution in [2.75, 3.05) is 9.33 Å². The first-order valence-electron chi connectivity index (χ1n) is 7.98. The predicted molar refractivity (Wildman–Crippen MR) is 98.7 cm³/mol. The van der Waals surface area contributed by atoms with Crippen LogP contribution in [0.1, 0.15) is 43.7 Å². The van der Waals surface area contributed by atoms with Gasteiger partial charge in [0.25, 0.3) is 11.8 Å². The second-order valence-corrected chi connectivity index (χ2v) is 6.97. The summed E-state index contributed by atoms with van der Waals surface area (Å²) in [5.41, 5.74) is -1.27. The molecule has 1 aromatic carbocycles. The first kappa shape index (κ1) is 20.4. The van der Waals surface area contributed by atoms with Gasteiger partial charge in [-0.1, -0.05) is 29.0 Å². The van der Waals surface area contributed by atoms with E-state index in [4.69, 9.17) is 5.26 Å². The number of benzene rings is 1. The number of nitriles is 1. The van der Waals surface area contributed by atoms with Crippen molar-refractivity contribution in [2.45, 2.75) is 38.8 Å². The Morgan fingerprint density at radius 3 is 2.42 bits per heavy atom. The lowest BCUT2D eigenvalue weighted by Gasteiger charge is -2.18. The van der Waals surface area contributed by atoms with Crippen molar-refractivity contribution in [3.63, 3.8) is 0 Å². The topological polar surface area (TPSA) is 61.2 Å². The Hall–Kier alpha value is -1.89. The molecule has 2 rings (SSSR count). The van der Waals surface area contributed by atoms with Crippen LogP contribution in [-0.4, -0.2) is 16.2 Å². The van der Waals surface area contributed by atoms with Crippen LogP contribution in [0.15, 0.2) is 29.3 Å². The Labute approximate surface area is 162 Å². The molecule has 1 aliphatic heterocycles. The van der Waals surface area contributed by atoms with E-state index in [1.807, 2.05) is 0 Å². The van der Waals surface area contributed by atoms with Gasteiger partial charge >= 0.3 is 6.18 Å². The van der Waals surface area contributed by atoms with Gasteiger partial charge in [0.05, 0.1) is 22.9 Å². The van der Waals surface area contributed by atoms with Gasteiger partial charge in [-0.3, -0.25) is 9.59 Å². The summed E-state index contributed by atoms with van der Waals surface area (Å²) in [5.74, 6) is -1.20. The van der Waals surface area contributed by atoms with Crippen LogP contribution >= 0.6 is 22.6 Å². The summed E-state index contributed by atoms with van der Waals surface area (Å²) in [6.45, 7) is 1.52. The van der Waals surface area contributed by atoms with Crippen molar-refractivity contribution in [1.82, 2.24) is 0 Å². The first-order chi connectivity index (χ1) is 12.2. The van der Waals surface area contributed by atoms with E-state index in [1.54, 1.807) is 0 Å². The summed E-state index contributed by atoms with van der Waals surface area (Å²) in [5, 5.41) is 8.86. The minimum absolute atomic E-state index is 0.173. The Balaban J connectivity index is 2.32. The van der Waals surface area contributed by atoms with E-state index in [0.29, 0.717) is 18.1 Å². The van der Waals surface area contributed by atoms with Crippen molar-refractivity contribution < 1.29 is 22.8 Å². The van der Waals surface area contributed by atoms with E-state index in [-0.39, 0.29) is 11.3 Å². The first-order valence-corrected chi connectivity index (χ1v) is 9.50. The number of alkyl halides is 4. The molecule has 2 amide bonds. The third-order valence-corrected chi connectivity index (χ3v) is 4.95. The van der Waals surface area contributed by atoms with Crippen molar-refractivity contribution in [3.8, 4) is 6.07 Å². The summed E-state index contributed by atoms with van der Waals surface area (Å²) in [6.07, 6.45) is -1.67. The largest absolute Gasteiger partial charge is 0.417 e. The molecular weight excluding hydrogens is 460 g/mol. The monoisotopic (exact) mass is 476 g/mol. The quantitative estimate of drug-likeness (QED) is 0.258. The number of halogens is 4. The van der Waals surface area contributed by atoms with E-state index in [0.717, 1.165) is 34.7 Å². The van der Waals surface area contributed by atoms with Crippen molar-refractivity contribution in [2.24, 2.45) is 0 Å². The summed E-state index contributed by atoms with van der Waals surface area (Å²) >= 11 is 2.26. The van der Waals surface area contributed by atoms with Gasteiger partial charge in [-0.05, 0) is 48.8 Å². The fourth-order valence-corrected chi connectivity index (χ4v) is 3.33. The molecule has 0 N–H and O–H groups in total. The average Bonchev–Trinajstić information content (AvgIpc) is 2.80. The number of hydrogen-bond acceptors (Lipinski definition) is 3. The maximum absolute atomic E-state index is 13.1. The van der Waals surface area contributed by atoms with E-state index in [9.17, 15) is 22.8 Å². The molecule has 1 aromatic rings. The molecular formula is C18H16F3IN2O2. The van der Waals surface area contributed by atoms with Crippen LogP contribution in [-0.2, 0) is 15.8 Å². The summed E-state index contributed by atoms with van der Waals surface area (Å²) in [6, 6.07) is 4.33. The van der Waals surface area contributed by atoms with Crippen LogP contribution < -0.4 is 4.90 Å². The summed E-state index contributed by atoms with van der Waals surface area (Å²) in [4.78, 5) is 25.8. The van der Waals surface area contributed by atoms with Crippen LogP contribution in [0.4, 0.5) is 18.9 Å². The lowest BCUT2D eigenvalue weighted by atomic mass is 10.0. The van der Waals surface area contributed by atoms with E-state index in [2.05, 4.69) is 22.6 Å². The normalized spacial score (nSPS) is 15.0. The molecule has 0 aromatic heterocycles. The van der Waals surface area contributed by atoms with Crippen molar-refractivity contribution in [1.29, 1.82) is 5.26 Å². The molecule has 0 unspecified atom stereocenters. The molecule has 0 bridgehead atoms. The lowest BCUT2D eigenvalue weighted by molar-refractivity contribution is -0.138.